The molecule has 0 amide bonds. The number of hydrogen-bond donors (Lipinski definition) is 0. The van der Waals surface area contributed by atoms with Crippen LogP contribution in [0.5, 0.6) is 0 Å². The maximum Gasteiger partial charge on any atom is 0.161 e. The maximum absolute atomic E-state index is 6.39. The summed E-state index contributed by atoms with van der Waals surface area (Å²) in [6, 6.07) is 69.7. The van der Waals surface area contributed by atoms with Crippen molar-refractivity contribution in [3.05, 3.63) is 194 Å². The van der Waals surface area contributed by atoms with Gasteiger partial charge in [-0.15, -0.1) is 0 Å². The van der Waals surface area contributed by atoms with Gasteiger partial charge in [-0.3, -0.25) is 0 Å². The van der Waals surface area contributed by atoms with Crippen LogP contribution in [-0.2, 0) is 0 Å². The minimum Gasteiger partial charge on any atom is -0.454 e. The Balaban J connectivity index is 1.00. The molecule has 8 aromatic carbocycles. The van der Waals surface area contributed by atoms with E-state index < -0.39 is 0 Å². The van der Waals surface area contributed by atoms with Gasteiger partial charge in [-0.25, -0.2) is 0 Å². The highest BCUT2D eigenvalue weighted by Gasteiger charge is 2.19. The van der Waals surface area contributed by atoms with E-state index in [0.717, 1.165) is 44.3 Å². The van der Waals surface area contributed by atoms with E-state index in [9.17, 15) is 0 Å². The summed E-state index contributed by atoms with van der Waals surface area (Å²) in [7, 11) is 0. The van der Waals surface area contributed by atoms with E-state index in [1.165, 1.54) is 55.2 Å². The van der Waals surface area contributed by atoms with Gasteiger partial charge in [0, 0.05) is 32.9 Å². The Morgan fingerprint density at radius 2 is 0.736 bits per heavy atom. The molecule has 3 heteroatoms. The van der Waals surface area contributed by atoms with Crippen molar-refractivity contribution in [1.82, 2.24) is 9.13 Å². The molecule has 0 bridgehead atoms. The third-order valence-corrected chi connectivity index (χ3v) is 10.7. The molecule has 0 aliphatic rings. The highest BCUT2D eigenvalue weighted by Crippen LogP contribution is 2.40. The predicted octanol–water partition coefficient (Wildman–Crippen LogP) is 13.6. The molecule has 0 saturated carbocycles. The third-order valence-electron chi connectivity index (χ3n) is 10.7. The van der Waals surface area contributed by atoms with Crippen molar-refractivity contribution in [3.8, 4) is 44.8 Å². The fourth-order valence-electron chi connectivity index (χ4n) is 8.21. The molecule has 0 fully saturated rings. The summed E-state index contributed by atoms with van der Waals surface area (Å²) in [5, 5.41) is 4.73. The number of fused-ring (bicyclic) bond motifs is 8. The molecular weight excluding hydrogens is 645 g/mol. The third kappa shape index (κ3) is 4.68. The second kappa shape index (κ2) is 11.7. The largest absolute Gasteiger partial charge is 0.454 e. The number of benzene rings is 8. The Morgan fingerprint density at radius 1 is 0.302 bits per heavy atom. The number of para-hydroxylation sites is 2. The van der Waals surface area contributed by atoms with Crippen LogP contribution in [0.1, 0.15) is 0 Å². The zero-order valence-electron chi connectivity index (χ0n) is 28.8. The second-order valence-electron chi connectivity index (χ2n) is 13.8. The van der Waals surface area contributed by atoms with Crippen LogP contribution in [0.4, 0.5) is 0 Å². The van der Waals surface area contributed by atoms with Crippen molar-refractivity contribution in [2.24, 2.45) is 0 Å². The zero-order chi connectivity index (χ0) is 34.9. The van der Waals surface area contributed by atoms with Gasteiger partial charge in [-0.1, -0.05) is 121 Å². The lowest BCUT2D eigenvalue weighted by molar-refractivity contribution is 0.673. The van der Waals surface area contributed by atoms with E-state index in [4.69, 9.17) is 4.42 Å². The van der Waals surface area contributed by atoms with Crippen molar-refractivity contribution in [3.63, 3.8) is 0 Å². The number of nitrogens with zero attached hydrogens (tertiary/aromatic N) is 2. The normalized spacial score (nSPS) is 11.8. The number of rotatable bonds is 5. The molecule has 0 radical (unpaired) electrons. The first kappa shape index (κ1) is 29.6. The van der Waals surface area contributed by atoms with Crippen LogP contribution in [0.3, 0.4) is 0 Å². The molecule has 3 heterocycles. The highest BCUT2D eigenvalue weighted by atomic mass is 16.3. The molecule has 0 spiro atoms. The standard InChI is InChI=1S/C50H32N2O/c1-3-11-33(12-4-1)37-23-29-46-43(31-37)44-32-38(34-13-5-2-6-14-34)24-30-47(44)51(46)39-25-19-35(20-26-39)36-21-27-40(28-22-36)52-45-17-9-7-15-41(45)50-49(52)42-16-8-10-18-48(42)53-50/h1-32H. The molecule has 3 nitrogen and oxygen atoms in total. The minimum absolute atomic E-state index is 0.908. The summed E-state index contributed by atoms with van der Waals surface area (Å²) < 4.78 is 11.1. The zero-order valence-corrected chi connectivity index (χ0v) is 28.8. The van der Waals surface area contributed by atoms with E-state index in [1.54, 1.807) is 0 Å². The lowest BCUT2D eigenvalue weighted by atomic mass is 10.0. The molecule has 0 saturated heterocycles. The van der Waals surface area contributed by atoms with Crippen molar-refractivity contribution < 1.29 is 4.42 Å². The van der Waals surface area contributed by atoms with Gasteiger partial charge in [0.2, 0.25) is 0 Å². The Morgan fingerprint density at radius 3 is 1.32 bits per heavy atom. The van der Waals surface area contributed by atoms with Crippen LogP contribution in [0.25, 0.3) is 99.5 Å². The second-order valence-corrected chi connectivity index (χ2v) is 13.8. The van der Waals surface area contributed by atoms with Gasteiger partial charge in [0.15, 0.2) is 5.58 Å². The van der Waals surface area contributed by atoms with Gasteiger partial charge < -0.3 is 13.6 Å². The smallest absolute Gasteiger partial charge is 0.161 e. The van der Waals surface area contributed by atoms with Crippen molar-refractivity contribution >= 4 is 54.8 Å². The Labute approximate surface area is 306 Å². The first-order valence-electron chi connectivity index (χ1n) is 18.1. The van der Waals surface area contributed by atoms with E-state index >= 15 is 0 Å². The molecular formula is C50H32N2O. The molecule has 11 rings (SSSR count). The van der Waals surface area contributed by atoms with Crippen molar-refractivity contribution in [1.29, 1.82) is 0 Å². The monoisotopic (exact) mass is 676 g/mol. The van der Waals surface area contributed by atoms with E-state index in [-0.39, 0.29) is 0 Å². The molecule has 0 unspecified atom stereocenters. The number of hydrogen-bond acceptors (Lipinski definition) is 1. The fraction of sp³-hybridized carbons (Fsp3) is 0. The van der Waals surface area contributed by atoms with Gasteiger partial charge in [0.1, 0.15) is 11.1 Å². The molecule has 3 aromatic heterocycles. The summed E-state index contributed by atoms with van der Waals surface area (Å²) in [5.74, 6) is 0. The van der Waals surface area contributed by atoms with Crippen molar-refractivity contribution in [2.45, 2.75) is 0 Å². The van der Waals surface area contributed by atoms with Gasteiger partial charge in [-0.2, -0.15) is 0 Å². The van der Waals surface area contributed by atoms with Crippen LogP contribution >= 0.6 is 0 Å². The van der Waals surface area contributed by atoms with E-state index in [2.05, 4.69) is 191 Å². The predicted molar refractivity (Wildman–Crippen MR) is 221 cm³/mol. The van der Waals surface area contributed by atoms with Gasteiger partial charge in [-0.05, 0) is 106 Å². The topological polar surface area (TPSA) is 23.0 Å². The Hall–Kier alpha value is -7.10. The number of furan rings is 1. The molecule has 53 heavy (non-hydrogen) atoms. The molecule has 11 aromatic rings. The summed E-state index contributed by atoms with van der Waals surface area (Å²) in [6.07, 6.45) is 0. The first-order valence-corrected chi connectivity index (χ1v) is 18.1. The average Bonchev–Trinajstić information content (AvgIpc) is 3.88. The Kier molecular flexibility index (Phi) is 6.55. The summed E-state index contributed by atoms with van der Waals surface area (Å²) >= 11 is 0. The van der Waals surface area contributed by atoms with Gasteiger partial charge >= 0.3 is 0 Å². The molecule has 0 atom stereocenters. The molecule has 0 aliphatic carbocycles. The maximum atomic E-state index is 6.39. The van der Waals surface area contributed by atoms with Crippen LogP contribution in [0.15, 0.2) is 199 Å². The molecule has 0 N–H and O–H groups in total. The number of aromatic nitrogens is 2. The van der Waals surface area contributed by atoms with Crippen LogP contribution in [0.2, 0.25) is 0 Å². The molecule has 0 aliphatic heterocycles. The SMILES string of the molecule is c1ccc(-c2ccc3c(c2)c2cc(-c4ccccc4)ccc2n3-c2ccc(-c3ccc(-n4c5ccccc5c5oc6ccccc6c54)cc3)cc2)cc1. The summed E-state index contributed by atoms with van der Waals surface area (Å²) in [4.78, 5) is 0. The first-order chi connectivity index (χ1) is 26.3. The summed E-state index contributed by atoms with van der Waals surface area (Å²) in [6.45, 7) is 0. The lowest BCUT2D eigenvalue weighted by Crippen LogP contribution is -1.95. The Bertz CT molecular complexity index is 3020. The van der Waals surface area contributed by atoms with Gasteiger partial charge in [0.25, 0.3) is 0 Å². The minimum atomic E-state index is 0.908. The van der Waals surface area contributed by atoms with Crippen LogP contribution in [0, 0.1) is 0 Å². The molecule has 248 valence electrons. The van der Waals surface area contributed by atoms with Crippen LogP contribution in [-0.4, -0.2) is 9.13 Å². The fourth-order valence-corrected chi connectivity index (χ4v) is 8.21. The summed E-state index contributed by atoms with van der Waals surface area (Å²) in [5.41, 5.74) is 15.9. The van der Waals surface area contributed by atoms with Gasteiger partial charge in [0.05, 0.1) is 16.6 Å². The lowest BCUT2D eigenvalue weighted by Gasteiger charge is -2.11. The van der Waals surface area contributed by atoms with E-state index in [0.29, 0.717) is 0 Å². The highest BCUT2D eigenvalue weighted by molar-refractivity contribution is 6.16. The van der Waals surface area contributed by atoms with E-state index in [1.807, 2.05) is 12.1 Å². The average molecular weight is 677 g/mol. The van der Waals surface area contributed by atoms with Crippen molar-refractivity contribution in [2.75, 3.05) is 0 Å². The van der Waals surface area contributed by atoms with Crippen LogP contribution < -0.4 is 0 Å². The quantitative estimate of drug-likeness (QED) is 0.178.